The molecular weight excluding hydrogens is 355 g/mol. The van der Waals surface area contributed by atoms with E-state index in [9.17, 15) is 0 Å². The second-order valence-corrected chi connectivity index (χ2v) is 6.96. The molecule has 0 amide bonds. The van der Waals surface area contributed by atoms with Crippen molar-refractivity contribution < 1.29 is 0 Å². The highest BCUT2D eigenvalue weighted by Crippen LogP contribution is 2.40. The van der Waals surface area contributed by atoms with Crippen molar-refractivity contribution in [2.75, 3.05) is 0 Å². The molecule has 3 heteroatoms. The molecule has 0 aliphatic carbocycles. The molecule has 0 fully saturated rings. The van der Waals surface area contributed by atoms with Crippen LogP contribution < -0.4 is 0 Å². The molecule has 1 atom stereocenters. The fourth-order valence-corrected chi connectivity index (χ4v) is 4.23. The van der Waals surface area contributed by atoms with E-state index in [-0.39, 0.29) is 4.83 Å². The molecule has 0 nitrogen and oxygen atoms in total. The zero-order valence-electron chi connectivity index (χ0n) is 12.0. The van der Waals surface area contributed by atoms with Crippen molar-refractivity contribution in [1.29, 1.82) is 0 Å². The van der Waals surface area contributed by atoms with Crippen LogP contribution in [0.2, 0.25) is 10.0 Å². The lowest BCUT2D eigenvalue weighted by molar-refractivity contribution is 1.08. The van der Waals surface area contributed by atoms with Crippen molar-refractivity contribution in [1.82, 2.24) is 0 Å². The standard InChI is InChI=1S/C17H17BrCl2/c1-9-7-10(2)12(4)16(11(9)3)17(18)14-6-5-13(19)8-15(14)20/h5-8,17H,1-4H3. The van der Waals surface area contributed by atoms with Crippen molar-refractivity contribution in [3.63, 3.8) is 0 Å². The Bertz CT molecular complexity index is 636. The number of alkyl halides is 1. The molecule has 1 unspecified atom stereocenters. The lowest BCUT2D eigenvalue weighted by Crippen LogP contribution is -2.03. The van der Waals surface area contributed by atoms with Crippen LogP contribution in [0.15, 0.2) is 24.3 Å². The Balaban J connectivity index is 2.62. The summed E-state index contributed by atoms with van der Waals surface area (Å²) in [5, 5.41) is 1.35. The van der Waals surface area contributed by atoms with Gasteiger partial charge in [-0.25, -0.2) is 0 Å². The first-order chi connectivity index (χ1) is 9.32. The largest absolute Gasteiger partial charge is 0.0843 e. The lowest BCUT2D eigenvalue weighted by Gasteiger charge is -2.21. The van der Waals surface area contributed by atoms with Gasteiger partial charge in [0.05, 0.1) is 4.83 Å². The molecule has 20 heavy (non-hydrogen) atoms. The fraction of sp³-hybridized carbons (Fsp3) is 0.294. The summed E-state index contributed by atoms with van der Waals surface area (Å²) in [4.78, 5) is 0.0749. The molecular formula is C17H17BrCl2. The smallest absolute Gasteiger partial charge is 0.0664 e. The molecule has 0 radical (unpaired) electrons. The van der Waals surface area contributed by atoms with Gasteiger partial charge in [-0.1, -0.05) is 51.3 Å². The van der Waals surface area contributed by atoms with E-state index < -0.39 is 0 Å². The van der Waals surface area contributed by atoms with Crippen LogP contribution in [-0.2, 0) is 0 Å². The van der Waals surface area contributed by atoms with Gasteiger partial charge in [-0.2, -0.15) is 0 Å². The van der Waals surface area contributed by atoms with E-state index in [1.807, 2.05) is 12.1 Å². The number of benzene rings is 2. The topological polar surface area (TPSA) is 0 Å². The Labute approximate surface area is 139 Å². The van der Waals surface area contributed by atoms with E-state index in [0.717, 1.165) is 5.56 Å². The zero-order chi connectivity index (χ0) is 15.0. The van der Waals surface area contributed by atoms with Crippen molar-refractivity contribution in [3.05, 3.63) is 67.7 Å². The molecule has 0 aliphatic rings. The average Bonchev–Trinajstić information content (AvgIpc) is 2.36. The first kappa shape index (κ1) is 15.9. The minimum absolute atomic E-state index is 0.0749. The Morgan fingerprint density at radius 1 is 0.900 bits per heavy atom. The third-order valence-corrected chi connectivity index (χ3v) is 5.43. The summed E-state index contributed by atoms with van der Waals surface area (Å²) >= 11 is 16.1. The summed E-state index contributed by atoms with van der Waals surface area (Å²) in [6, 6.07) is 7.89. The van der Waals surface area contributed by atoms with Crippen LogP contribution in [0.3, 0.4) is 0 Å². The summed E-state index contributed by atoms with van der Waals surface area (Å²) in [5.41, 5.74) is 7.57. The van der Waals surface area contributed by atoms with Gasteiger partial charge in [0, 0.05) is 10.0 Å². The quantitative estimate of drug-likeness (QED) is 0.514. The molecule has 0 N–H and O–H groups in total. The maximum absolute atomic E-state index is 6.34. The summed E-state index contributed by atoms with van der Waals surface area (Å²) in [7, 11) is 0. The molecule has 0 heterocycles. The maximum Gasteiger partial charge on any atom is 0.0664 e. The predicted octanol–water partition coefficient (Wildman–Crippen LogP) is 6.71. The highest BCUT2D eigenvalue weighted by molar-refractivity contribution is 9.09. The first-order valence-electron chi connectivity index (χ1n) is 6.49. The van der Waals surface area contributed by atoms with Crippen LogP contribution in [0.5, 0.6) is 0 Å². The molecule has 2 aromatic carbocycles. The lowest BCUT2D eigenvalue weighted by atomic mass is 9.90. The molecule has 0 bridgehead atoms. The van der Waals surface area contributed by atoms with Gasteiger partial charge in [-0.3, -0.25) is 0 Å². The van der Waals surface area contributed by atoms with Gasteiger partial charge < -0.3 is 0 Å². The Hall–Kier alpha value is -0.500. The van der Waals surface area contributed by atoms with Crippen molar-refractivity contribution >= 4 is 39.1 Å². The number of rotatable bonds is 2. The highest BCUT2D eigenvalue weighted by Gasteiger charge is 2.20. The van der Waals surface area contributed by atoms with Gasteiger partial charge in [-0.05, 0) is 73.2 Å². The van der Waals surface area contributed by atoms with E-state index in [1.165, 1.54) is 27.8 Å². The van der Waals surface area contributed by atoms with Crippen LogP contribution in [0.1, 0.15) is 38.2 Å². The molecule has 2 rings (SSSR count). The second-order valence-electron chi connectivity index (χ2n) is 5.20. The third kappa shape index (κ3) is 2.90. The van der Waals surface area contributed by atoms with Gasteiger partial charge in [-0.15, -0.1) is 0 Å². The number of halogens is 3. The highest BCUT2D eigenvalue weighted by atomic mass is 79.9. The minimum atomic E-state index is 0.0749. The average molecular weight is 372 g/mol. The summed E-state index contributed by atoms with van der Waals surface area (Å²) in [6.45, 7) is 8.62. The van der Waals surface area contributed by atoms with E-state index in [2.05, 4.69) is 49.7 Å². The SMILES string of the molecule is Cc1cc(C)c(C)c(C(Br)c2ccc(Cl)cc2Cl)c1C. The minimum Gasteiger partial charge on any atom is -0.0843 e. The molecule has 0 aromatic heterocycles. The van der Waals surface area contributed by atoms with Gasteiger partial charge in [0.15, 0.2) is 0 Å². The van der Waals surface area contributed by atoms with Gasteiger partial charge >= 0.3 is 0 Å². The summed E-state index contributed by atoms with van der Waals surface area (Å²) in [6.07, 6.45) is 0. The number of hydrogen-bond donors (Lipinski definition) is 0. The summed E-state index contributed by atoms with van der Waals surface area (Å²) in [5.74, 6) is 0. The van der Waals surface area contributed by atoms with Crippen LogP contribution in [0.25, 0.3) is 0 Å². The van der Waals surface area contributed by atoms with Crippen molar-refractivity contribution in [2.45, 2.75) is 32.5 Å². The molecule has 2 aromatic rings. The van der Waals surface area contributed by atoms with Crippen LogP contribution in [0, 0.1) is 27.7 Å². The summed E-state index contributed by atoms with van der Waals surface area (Å²) < 4.78 is 0. The predicted molar refractivity (Wildman–Crippen MR) is 92.6 cm³/mol. The van der Waals surface area contributed by atoms with Gasteiger partial charge in [0.25, 0.3) is 0 Å². The molecule has 106 valence electrons. The van der Waals surface area contributed by atoms with Crippen molar-refractivity contribution in [3.8, 4) is 0 Å². The maximum atomic E-state index is 6.34. The number of hydrogen-bond acceptors (Lipinski definition) is 0. The third-order valence-electron chi connectivity index (χ3n) is 3.91. The monoisotopic (exact) mass is 370 g/mol. The van der Waals surface area contributed by atoms with E-state index >= 15 is 0 Å². The first-order valence-corrected chi connectivity index (χ1v) is 8.16. The van der Waals surface area contributed by atoms with E-state index in [4.69, 9.17) is 23.2 Å². The van der Waals surface area contributed by atoms with Crippen molar-refractivity contribution in [2.24, 2.45) is 0 Å². The van der Waals surface area contributed by atoms with Crippen LogP contribution in [0.4, 0.5) is 0 Å². The molecule has 0 saturated carbocycles. The van der Waals surface area contributed by atoms with Crippen LogP contribution >= 0.6 is 39.1 Å². The molecule has 0 spiro atoms. The fourth-order valence-electron chi connectivity index (χ4n) is 2.49. The van der Waals surface area contributed by atoms with Crippen LogP contribution in [-0.4, -0.2) is 0 Å². The second kappa shape index (κ2) is 6.09. The van der Waals surface area contributed by atoms with Gasteiger partial charge in [0.2, 0.25) is 0 Å². The normalized spacial score (nSPS) is 12.6. The van der Waals surface area contributed by atoms with E-state index in [0.29, 0.717) is 10.0 Å². The molecule has 0 saturated heterocycles. The zero-order valence-corrected chi connectivity index (χ0v) is 15.1. The molecule has 0 aliphatic heterocycles. The van der Waals surface area contributed by atoms with E-state index in [1.54, 1.807) is 6.07 Å². The van der Waals surface area contributed by atoms with Gasteiger partial charge in [0.1, 0.15) is 0 Å². The number of aryl methyl sites for hydroxylation is 2. The Morgan fingerprint density at radius 3 is 1.95 bits per heavy atom. The Morgan fingerprint density at radius 2 is 1.45 bits per heavy atom. The Kier molecular flexibility index (Phi) is 4.84.